The van der Waals surface area contributed by atoms with Crippen LogP contribution in [-0.2, 0) is 9.53 Å². The highest BCUT2D eigenvalue weighted by Gasteiger charge is 2.33. The van der Waals surface area contributed by atoms with Gasteiger partial charge in [-0.1, -0.05) is 41.4 Å². The Morgan fingerprint density at radius 2 is 1.86 bits per heavy atom. The van der Waals surface area contributed by atoms with Crippen LogP contribution >= 0.6 is 23.2 Å². The van der Waals surface area contributed by atoms with Crippen LogP contribution in [0.15, 0.2) is 53.7 Å². The largest absolute Gasteiger partial charge is 0.465 e. The Balaban J connectivity index is 2.00. The van der Waals surface area contributed by atoms with Crippen LogP contribution in [0, 0.1) is 0 Å². The number of benzene rings is 2. The number of anilines is 1. The van der Waals surface area contributed by atoms with E-state index in [1.54, 1.807) is 37.3 Å². The second-order valence-corrected chi connectivity index (χ2v) is 7.07. The molecule has 0 spiro atoms. The molecule has 1 aliphatic heterocycles. The highest BCUT2D eigenvalue weighted by molar-refractivity contribution is 6.35. The first-order valence-electron chi connectivity index (χ1n) is 8.53. The number of carbonyl (C=O) groups excluding carboxylic acids is 3. The highest BCUT2D eigenvalue weighted by Crippen LogP contribution is 2.33. The molecule has 3 N–H and O–H groups in total. The van der Waals surface area contributed by atoms with Crippen molar-refractivity contribution in [2.75, 3.05) is 12.4 Å². The molecule has 3 rings (SSSR count). The van der Waals surface area contributed by atoms with Gasteiger partial charge >= 0.3 is 12.0 Å². The van der Waals surface area contributed by atoms with Crippen molar-refractivity contribution in [2.24, 2.45) is 0 Å². The number of carbonyl (C=O) groups is 3. The Hall–Kier alpha value is -3.03. The summed E-state index contributed by atoms with van der Waals surface area (Å²) in [5, 5.41) is 8.73. The second kappa shape index (κ2) is 8.55. The van der Waals surface area contributed by atoms with E-state index in [1.165, 1.54) is 19.2 Å². The molecule has 0 radical (unpaired) electrons. The third-order valence-corrected chi connectivity index (χ3v) is 4.93. The van der Waals surface area contributed by atoms with Crippen LogP contribution in [0.5, 0.6) is 0 Å². The second-order valence-electron chi connectivity index (χ2n) is 6.23. The molecule has 0 aromatic heterocycles. The number of halogens is 2. The summed E-state index contributed by atoms with van der Waals surface area (Å²) in [6.07, 6.45) is 0. The number of hydrogen-bond acceptors (Lipinski definition) is 4. The van der Waals surface area contributed by atoms with Gasteiger partial charge in [0.25, 0.3) is 5.91 Å². The van der Waals surface area contributed by atoms with Gasteiger partial charge in [-0.2, -0.15) is 0 Å². The number of allylic oxidation sites excluding steroid dienone is 1. The molecule has 1 unspecified atom stereocenters. The lowest BCUT2D eigenvalue weighted by atomic mass is 9.94. The number of esters is 1. The normalized spacial score (nSPS) is 16.0. The fourth-order valence-electron chi connectivity index (χ4n) is 3.03. The molecule has 0 aliphatic carbocycles. The third-order valence-electron chi connectivity index (χ3n) is 4.37. The molecule has 0 fully saturated rings. The molecule has 0 saturated carbocycles. The van der Waals surface area contributed by atoms with Crippen molar-refractivity contribution in [1.29, 1.82) is 0 Å². The summed E-state index contributed by atoms with van der Waals surface area (Å²) >= 11 is 12.3. The molecule has 1 atom stereocenters. The lowest BCUT2D eigenvalue weighted by Gasteiger charge is -2.29. The number of rotatable bonds is 4. The predicted octanol–water partition coefficient (Wildman–Crippen LogP) is 4.05. The van der Waals surface area contributed by atoms with Gasteiger partial charge in [-0.3, -0.25) is 4.79 Å². The summed E-state index contributed by atoms with van der Waals surface area (Å²) in [5.41, 5.74) is 1.60. The third kappa shape index (κ3) is 4.36. The van der Waals surface area contributed by atoms with E-state index in [-0.39, 0.29) is 16.8 Å². The first kappa shape index (κ1) is 20.7. The minimum absolute atomic E-state index is 0.204. The lowest BCUT2D eigenvalue weighted by Crippen LogP contribution is -2.46. The Morgan fingerprint density at radius 3 is 2.55 bits per heavy atom. The van der Waals surface area contributed by atoms with Crippen LogP contribution < -0.4 is 16.0 Å². The minimum Gasteiger partial charge on any atom is -0.465 e. The Bertz CT molecular complexity index is 1040. The van der Waals surface area contributed by atoms with E-state index in [2.05, 4.69) is 16.0 Å². The molecular formula is C20H17Cl2N3O4. The Morgan fingerprint density at radius 1 is 1.14 bits per heavy atom. The van der Waals surface area contributed by atoms with Crippen molar-refractivity contribution >= 4 is 46.8 Å². The molecule has 2 aromatic carbocycles. The zero-order valence-corrected chi connectivity index (χ0v) is 17.0. The number of urea groups is 1. The van der Waals surface area contributed by atoms with Gasteiger partial charge in [0.15, 0.2) is 0 Å². The van der Waals surface area contributed by atoms with Crippen LogP contribution in [-0.4, -0.2) is 25.0 Å². The molecule has 150 valence electrons. The van der Waals surface area contributed by atoms with Gasteiger partial charge in [0, 0.05) is 15.7 Å². The van der Waals surface area contributed by atoms with Gasteiger partial charge in [0.2, 0.25) is 0 Å². The van der Waals surface area contributed by atoms with Gasteiger partial charge in [-0.15, -0.1) is 0 Å². The summed E-state index contributed by atoms with van der Waals surface area (Å²) in [5.74, 6) is -1.10. The van der Waals surface area contributed by atoms with E-state index in [4.69, 9.17) is 27.9 Å². The quantitative estimate of drug-likeness (QED) is 0.633. The molecule has 7 nitrogen and oxygen atoms in total. The first-order valence-corrected chi connectivity index (χ1v) is 9.29. The smallest absolute Gasteiger partial charge is 0.339 e. The summed E-state index contributed by atoms with van der Waals surface area (Å²) < 4.78 is 4.76. The Kier molecular flexibility index (Phi) is 6.10. The molecule has 9 heteroatoms. The van der Waals surface area contributed by atoms with Crippen molar-refractivity contribution in [2.45, 2.75) is 13.0 Å². The predicted molar refractivity (Wildman–Crippen MR) is 110 cm³/mol. The highest BCUT2D eigenvalue weighted by atomic mass is 35.5. The number of amides is 3. The maximum Gasteiger partial charge on any atom is 0.339 e. The van der Waals surface area contributed by atoms with Gasteiger partial charge in [0.1, 0.15) is 0 Å². The van der Waals surface area contributed by atoms with Crippen LogP contribution in [0.2, 0.25) is 10.0 Å². The van der Waals surface area contributed by atoms with Crippen molar-refractivity contribution < 1.29 is 19.1 Å². The molecule has 3 amide bonds. The van der Waals surface area contributed by atoms with Crippen LogP contribution in [0.4, 0.5) is 10.5 Å². The van der Waals surface area contributed by atoms with E-state index >= 15 is 0 Å². The standard InChI is InChI=1S/C20H17Cl2N3O4/c1-10-16(18(26)24-15-6-4-3-5-13(15)19(27)29-2)17(25-20(28)23-10)12-8-7-11(21)9-14(12)22/h3-9,17H,1-2H3,(H,24,26)(H2,23,25,28). The van der Waals surface area contributed by atoms with Crippen molar-refractivity contribution in [3.05, 3.63) is 74.9 Å². The first-order chi connectivity index (χ1) is 13.8. The van der Waals surface area contributed by atoms with E-state index in [9.17, 15) is 14.4 Å². The van der Waals surface area contributed by atoms with Crippen LogP contribution in [0.1, 0.15) is 28.9 Å². The topological polar surface area (TPSA) is 96.5 Å². The fraction of sp³-hybridized carbons (Fsp3) is 0.150. The molecule has 29 heavy (non-hydrogen) atoms. The van der Waals surface area contributed by atoms with Crippen LogP contribution in [0.25, 0.3) is 0 Å². The minimum atomic E-state index is -0.807. The maximum absolute atomic E-state index is 13.1. The molecular weight excluding hydrogens is 417 g/mol. The average molecular weight is 434 g/mol. The summed E-state index contributed by atoms with van der Waals surface area (Å²) in [6.45, 7) is 1.61. The maximum atomic E-state index is 13.1. The van der Waals surface area contributed by atoms with Crippen molar-refractivity contribution in [3.63, 3.8) is 0 Å². The fourth-order valence-corrected chi connectivity index (χ4v) is 3.55. The lowest BCUT2D eigenvalue weighted by molar-refractivity contribution is -0.113. The molecule has 2 aromatic rings. The monoisotopic (exact) mass is 433 g/mol. The summed E-state index contributed by atoms with van der Waals surface area (Å²) in [6, 6.07) is 9.98. The Labute approximate surface area is 177 Å². The zero-order chi connectivity index (χ0) is 21.1. The van der Waals surface area contributed by atoms with Gasteiger partial charge in [-0.05, 0) is 36.8 Å². The number of methoxy groups -OCH3 is 1. The van der Waals surface area contributed by atoms with Gasteiger partial charge in [0.05, 0.1) is 30.0 Å². The summed E-state index contributed by atoms with van der Waals surface area (Å²) in [4.78, 5) is 37.1. The number of ether oxygens (including phenoxy) is 1. The molecule has 0 saturated heterocycles. The van der Waals surface area contributed by atoms with Crippen molar-refractivity contribution in [1.82, 2.24) is 10.6 Å². The number of nitrogens with one attached hydrogen (secondary N) is 3. The average Bonchev–Trinajstić information content (AvgIpc) is 2.67. The van der Waals surface area contributed by atoms with E-state index in [1.807, 2.05) is 0 Å². The number of hydrogen-bond donors (Lipinski definition) is 3. The van der Waals surface area contributed by atoms with E-state index < -0.39 is 23.9 Å². The van der Waals surface area contributed by atoms with Crippen LogP contribution in [0.3, 0.4) is 0 Å². The van der Waals surface area contributed by atoms with E-state index in [0.717, 1.165) is 0 Å². The number of para-hydroxylation sites is 1. The van der Waals surface area contributed by atoms with E-state index in [0.29, 0.717) is 21.3 Å². The molecule has 0 bridgehead atoms. The molecule has 1 aliphatic rings. The molecule has 1 heterocycles. The summed E-state index contributed by atoms with van der Waals surface area (Å²) in [7, 11) is 1.26. The van der Waals surface area contributed by atoms with Crippen molar-refractivity contribution in [3.8, 4) is 0 Å². The van der Waals surface area contributed by atoms with Gasteiger partial charge in [-0.25, -0.2) is 9.59 Å². The zero-order valence-electron chi connectivity index (χ0n) is 15.5. The van der Waals surface area contributed by atoms with Gasteiger partial charge < -0.3 is 20.7 Å². The SMILES string of the molecule is COC(=O)c1ccccc1NC(=O)C1=C(C)NC(=O)NC1c1ccc(Cl)cc1Cl.